The number of ether oxygens (including phenoxy) is 4. The second-order valence-corrected chi connectivity index (χ2v) is 9.60. The van der Waals surface area contributed by atoms with Crippen LogP contribution in [0.2, 0.25) is 0 Å². The molecule has 3 unspecified atom stereocenters. The minimum Gasteiger partial charge on any atom is -0.508 e. The zero-order valence-electron chi connectivity index (χ0n) is 22.4. The molecule has 11 heteroatoms. The van der Waals surface area contributed by atoms with Gasteiger partial charge in [-0.2, -0.15) is 0 Å². The summed E-state index contributed by atoms with van der Waals surface area (Å²) in [6.45, 7) is 7.94. The first-order valence-corrected chi connectivity index (χ1v) is 12.2. The van der Waals surface area contributed by atoms with Gasteiger partial charge in [0.05, 0.1) is 32.5 Å². The van der Waals surface area contributed by atoms with Gasteiger partial charge in [-0.25, -0.2) is 14.4 Å². The number of methoxy groups -OCH3 is 2. The number of aliphatic hydroxyl groups excluding tert-OH is 1. The van der Waals surface area contributed by atoms with Crippen LogP contribution < -0.4 is 10.6 Å². The highest BCUT2D eigenvalue weighted by Gasteiger charge is 2.41. The number of amides is 3. The average Bonchev–Trinajstić information content (AvgIpc) is 2.85. The molecule has 1 aromatic carbocycles. The number of nitrogens with zero attached hydrogens (tertiary/aromatic N) is 1. The number of esters is 1. The first-order valence-electron chi connectivity index (χ1n) is 12.2. The second-order valence-electron chi connectivity index (χ2n) is 9.60. The normalized spacial score (nSPS) is 17.4. The number of hydrogen-bond acceptors (Lipinski definition) is 8. The summed E-state index contributed by atoms with van der Waals surface area (Å²) >= 11 is 0. The van der Waals surface area contributed by atoms with E-state index < -0.39 is 41.5 Å². The van der Waals surface area contributed by atoms with Crippen LogP contribution in [-0.4, -0.2) is 79.3 Å². The van der Waals surface area contributed by atoms with E-state index in [1.165, 1.54) is 4.90 Å². The molecule has 2 rings (SSSR count). The number of urea groups is 1. The fourth-order valence-corrected chi connectivity index (χ4v) is 3.95. The summed E-state index contributed by atoms with van der Waals surface area (Å²) in [4.78, 5) is 39.1. The molecule has 3 amide bonds. The third-order valence-electron chi connectivity index (χ3n) is 5.75. The van der Waals surface area contributed by atoms with Crippen molar-refractivity contribution in [2.24, 2.45) is 0 Å². The molecule has 0 saturated carbocycles. The molecule has 0 spiro atoms. The van der Waals surface area contributed by atoms with Crippen molar-refractivity contribution < 1.29 is 38.4 Å². The lowest BCUT2D eigenvalue weighted by molar-refractivity contribution is -0.136. The summed E-state index contributed by atoms with van der Waals surface area (Å²) in [6.07, 6.45) is -0.221. The third-order valence-corrected chi connectivity index (χ3v) is 5.75. The lowest BCUT2D eigenvalue weighted by atomic mass is 9.95. The van der Waals surface area contributed by atoms with E-state index in [-0.39, 0.29) is 18.3 Å². The summed E-state index contributed by atoms with van der Waals surface area (Å²) in [6, 6.07) is 7.17. The van der Waals surface area contributed by atoms with Gasteiger partial charge in [0.25, 0.3) is 0 Å². The molecule has 3 N–H and O–H groups in total. The van der Waals surface area contributed by atoms with E-state index in [0.717, 1.165) is 12.7 Å². The minimum atomic E-state index is -1.09. The van der Waals surface area contributed by atoms with Gasteiger partial charge in [-0.05, 0) is 46.1 Å². The Kier molecular flexibility index (Phi) is 11.2. The van der Waals surface area contributed by atoms with E-state index in [1.807, 2.05) is 30.3 Å². The summed E-state index contributed by atoms with van der Waals surface area (Å²) in [5.74, 6) is -1.34. The Balaban J connectivity index is 2.26. The molecule has 1 aromatic rings. The van der Waals surface area contributed by atoms with Crippen LogP contribution in [0.25, 0.3) is 0 Å². The topological polar surface area (TPSA) is 136 Å². The number of carbonyl (C=O) groups is 3. The summed E-state index contributed by atoms with van der Waals surface area (Å²) in [7, 11) is 2.71. The van der Waals surface area contributed by atoms with Crippen LogP contribution in [0, 0.1) is 0 Å². The van der Waals surface area contributed by atoms with Crippen molar-refractivity contribution in [3.63, 3.8) is 0 Å². The fourth-order valence-electron chi connectivity index (χ4n) is 3.95. The van der Waals surface area contributed by atoms with Crippen LogP contribution in [0.15, 0.2) is 41.8 Å². The van der Waals surface area contributed by atoms with E-state index in [4.69, 9.17) is 18.9 Å². The molecule has 0 radical (unpaired) electrons. The molecule has 1 heterocycles. The van der Waals surface area contributed by atoms with E-state index in [1.54, 1.807) is 34.8 Å². The molecule has 0 aliphatic carbocycles. The zero-order valence-corrected chi connectivity index (χ0v) is 22.4. The highest BCUT2D eigenvalue weighted by Crippen LogP contribution is 2.24. The number of nitrogens with one attached hydrogen (secondary N) is 2. The molecule has 0 saturated heterocycles. The predicted molar refractivity (Wildman–Crippen MR) is 136 cm³/mol. The summed E-state index contributed by atoms with van der Waals surface area (Å²) in [5, 5.41) is 15.8. The van der Waals surface area contributed by atoms with Crippen LogP contribution in [-0.2, 0) is 30.3 Å². The Morgan fingerprint density at radius 1 is 1.14 bits per heavy atom. The van der Waals surface area contributed by atoms with Gasteiger partial charge in [0.2, 0.25) is 0 Å². The number of benzene rings is 1. The van der Waals surface area contributed by atoms with Crippen molar-refractivity contribution in [3.8, 4) is 0 Å². The number of carbonyl (C=O) groups excluding carboxylic acids is 3. The summed E-state index contributed by atoms with van der Waals surface area (Å²) in [5.41, 5.74) is -0.113. The molecule has 1 aliphatic rings. The van der Waals surface area contributed by atoms with Crippen molar-refractivity contribution in [1.29, 1.82) is 0 Å². The molecular formula is C26H39N3O8. The standard InChI is InChI=1S/C26H39N3O8/c1-7-29(25(33)37-26(2,3)4)19(20-22(30)21(23(31)35-6)28-24(32)27-20)14-13-18(34-5)16-36-15-17-11-9-8-10-12-17/h8-12,18-20,30H,7,13-16H2,1-6H3,(H2,27,28,32). The highest BCUT2D eigenvalue weighted by atomic mass is 16.6. The van der Waals surface area contributed by atoms with Crippen LogP contribution >= 0.6 is 0 Å². The SMILES string of the molecule is CCN(C(=O)OC(C)(C)C)C(CCC(COCc1ccccc1)OC)C1NC(=O)NC(C(=O)OC)=C1O. The van der Waals surface area contributed by atoms with E-state index >= 15 is 0 Å². The molecule has 11 nitrogen and oxygen atoms in total. The monoisotopic (exact) mass is 521 g/mol. The Labute approximate surface area is 218 Å². The van der Waals surface area contributed by atoms with Gasteiger partial charge in [-0.15, -0.1) is 0 Å². The van der Waals surface area contributed by atoms with Gasteiger partial charge in [-0.3, -0.25) is 5.32 Å². The van der Waals surface area contributed by atoms with Crippen LogP contribution in [0.4, 0.5) is 9.59 Å². The Morgan fingerprint density at radius 3 is 2.38 bits per heavy atom. The Hall–Kier alpha value is -3.31. The van der Waals surface area contributed by atoms with E-state index in [9.17, 15) is 19.5 Å². The maximum Gasteiger partial charge on any atom is 0.410 e. The molecule has 0 bridgehead atoms. The molecule has 0 fully saturated rings. The second kappa shape index (κ2) is 13.8. The largest absolute Gasteiger partial charge is 0.508 e. The van der Waals surface area contributed by atoms with Gasteiger partial charge in [-0.1, -0.05) is 30.3 Å². The molecule has 1 aliphatic heterocycles. The van der Waals surface area contributed by atoms with Crippen LogP contribution in [0.3, 0.4) is 0 Å². The van der Waals surface area contributed by atoms with Gasteiger partial charge < -0.3 is 34.3 Å². The van der Waals surface area contributed by atoms with Gasteiger partial charge in [0, 0.05) is 13.7 Å². The fraction of sp³-hybridized carbons (Fsp3) is 0.577. The van der Waals surface area contributed by atoms with Gasteiger partial charge >= 0.3 is 18.1 Å². The van der Waals surface area contributed by atoms with Crippen molar-refractivity contribution >= 4 is 18.1 Å². The zero-order chi connectivity index (χ0) is 27.6. The number of hydrogen-bond donors (Lipinski definition) is 3. The maximum absolute atomic E-state index is 13.1. The predicted octanol–water partition coefficient (Wildman–Crippen LogP) is 3.25. The highest BCUT2D eigenvalue weighted by molar-refractivity contribution is 5.95. The molecule has 0 aromatic heterocycles. The van der Waals surface area contributed by atoms with E-state index in [2.05, 4.69) is 10.6 Å². The van der Waals surface area contributed by atoms with Gasteiger partial charge in [0.1, 0.15) is 17.4 Å². The molecule has 3 atom stereocenters. The average molecular weight is 522 g/mol. The summed E-state index contributed by atoms with van der Waals surface area (Å²) < 4.78 is 21.7. The number of aliphatic hydroxyl groups is 1. The first-order chi connectivity index (χ1) is 17.5. The van der Waals surface area contributed by atoms with E-state index in [0.29, 0.717) is 26.1 Å². The van der Waals surface area contributed by atoms with Crippen LogP contribution in [0.5, 0.6) is 0 Å². The first kappa shape index (κ1) is 29.9. The Bertz CT molecular complexity index is 945. The lowest BCUT2D eigenvalue weighted by Crippen LogP contribution is -2.60. The Morgan fingerprint density at radius 2 is 1.81 bits per heavy atom. The van der Waals surface area contributed by atoms with Crippen molar-refractivity contribution in [3.05, 3.63) is 47.4 Å². The lowest BCUT2D eigenvalue weighted by Gasteiger charge is -2.39. The molecule has 37 heavy (non-hydrogen) atoms. The van der Waals surface area contributed by atoms with Gasteiger partial charge in [0.15, 0.2) is 5.70 Å². The number of rotatable bonds is 12. The van der Waals surface area contributed by atoms with Crippen molar-refractivity contribution in [2.75, 3.05) is 27.4 Å². The van der Waals surface area contributed by atoms with Crippen molar-refractivity contribution in [2.45, 2.75) is 70.9 Å². The molecular weight excluding hydrogens is 482 g/mol. The van der Waals surface area contributed by atoms with Crippen LogP contribution in [0.1, 0.15) is 46.1 Å². The quantitative estimate of drug-likeness (QED) is 0.357. The third kappa shape index (κ3) is 8.94. The smallest absolute Gasteiger partial charge is 0.410 e. The maximum atomic E-state index is 13.1. The minimum absolute atomic E-state index is 0.225. The molecule has 206 valence electrons. The van der Waals surface area contributed by atoms with Crippen molar-refractivity contribution in [1.82, 2.24) is 15.5 Å². The number of likely N-dealkylation sites (N-methyl/N-ethyl adjacent to an activating group) is 1.